The molecule has 19 heavy (non-hydrogen) atoms. The highest BCUT2D eigenvalue weighted by Crippen LogP contribution is 2.31. The van der Waals surface area contributed by atoms with Crippen LogP contribution in [0.25, 0.3) is 0 Å². The van der Waals surface area contributed by atoms with Gasteiger partial charge in [-0.3, -0.25) is 4.79 Å². The number of aliphatic carboxylic acids is 1. The van der Waals surface area contributed by atoms with Crippen molar-refractivity contribution in [3.63, 3.8) is 0 Å². The van der Waals surface area contributed by atoms with E-state index in [1.807, 2.05) is 0 Å². The molecule has 1 rings (SSSR count). The Bertz CT molecular complexity index is 291. The summed E-state index contributed by atoms with van der Waals surface area (Å²) in [6.07, 6.45) is 6.17. The SMILES string of the molecule is CC1CCC(OCCCCC(C)(N)C(=O)O)CC1C. The predicted molar refractivity (Wildman–Crippen MR) is 76.0 cm³/mol. The second-order valence-corrected chi connectivity index (χ2v) is 6.44. The lowest BCUT2D eigenvalue weighted by molar-refractivity contribution is -0.143. The minimum absolute atomic E-state index is 0.398. The van der Waals surface area contributed by atoms with Crippen LogP contribution in [0.4, 0.5) is 0 Å². The topological polar surface area (TPSA) is 72.5 Å². The van der Waals surface area contributed by atoms with Gasteiger partial charge >= 0.3 is 5.97 Å². The molecule has 3 N–H and O–H groups in total. The molecule has 112 valence electrons. The molecule has 0 heterocycles. The van der Waals surface area contributed by atoms with Gasteiger partial charge < -0.3 is 15.6 Å². The molecule has 0 amide bonds. The van der Waals surface area contributed by atoms with Gasteiger partial charge in [0.15, 0.2) is 0 Å². The van der Waals surface area contributed by atoms with E-state index >= 15 is 0 Å². The summed E-state index contributed by atoms with van der Waals surface area (Å²) in [4.78, 5) is 10.8. The van der Waals surface area contributed by atoms with Crippen LogP contribution >= 0.6 is 0 Å². The molecule has 0 aromatic rings. The molecule has 1 fully saturated rings. The van der Waals surface area contributed by atoms with Crippen LogP contribution in [0.5, 0.6) is 0 Å². The van der Waals surface area contributed by atoms with Crippen molar-refractivity contribution in [3.8, 4) is 0 Å². The van der Waals surface area contributed by atoms with Crippen molar-refractivity contribution in [2.75, 3.05) is 6.61 Å². The maximum Gasteiger partial charge on any atom is 0.323 e. The van der Waals surface area contributed by atoms with Crippen molar-refractivity contribution in [3.05, 3.63) is 0 Å². The van der Waals surface area contributed by atoms with E-state index in [0.717, 1.165) is 44.1 Å². The van der Waals surface area contributed by atoms with Gasteiger partial charge in [-0.1, -0.05) is 13.8 Å². The largest absolute Gasteiger partial charge is 0.480 e. The molecule has 0 aromatic heterocycles. The first-order valence-electron chi connectivity index (χ1n) is 7.47. The van der Waals surface area contributed by atoms with Crippen LogP contribution in [-0.4, -0.2) is 29.3 Å². The second-order valence-electron chi connectivity index (χ2n) is 6.44. The van der Waals surface area contributed by atoms with Crippen molar-refractivity contribution in [1.82, 2.24) is 0 Å². The van der Waals surface area contributed by atoms with Gasteiger partial charge in [-0.15, -0.1) is 0 Å². The zero-order chi connectivity index (χ0) is 14.5. The van der Waals surface area contributed by atoms with E-state index in [2.05, 4.69) is 13.8 Å². The van der Waals surface area contributed by atoms with Crippen LogP contribution < -0.4 is 5.73 Å². The molecule has 4 unspecified atom stereocenters. The van der Waals surface area contributed by atoms with Gasteiger partial charge in [-0.25, -0.2) is 0 Å². The Kier molecular flexibility index (Phi) is 6.27. The molecule has 1 saturated carbocycles. The molecule has 0 radical (unpaired) electrons. The van der Waals surface area contributed by atoms with Crippen LogP contribution in [0.3, 0.4) is 0 Å². The number of unbranched alkanes of at least 4 members (excludes halogenated alkanes) is 1. The molecule has 4 nitrogen and oxygen atoms in total. The van der Waals surface area contributed by atoms with E-state index < -0.39 is 11.5 Å². The van der Waals surface area contributed by atoms with Gasteiger partial charge in [-0.2, -0.15) is 0 Å². The minimum atomic E-state index is -1.10. The minimum Gasteiger partial charge on any atom is -0.480 e. The third-order valence-corrected chi connectivity index (χ3v) is 4.48. The van der Waals surface area contributed by atoms with E-state index in [1.165, 1.54) is 6.42 Å². The molecule has 1 aliphatic rings. The number of carbonyl (C=O) groups is 1. The van der Waals surface area contributed by atoms with Gasteiger partial charge in [0.05, 0.1) is 6.10 Å². The van der Waals surface area contributed by atoms with E-state index in [0.29, 0.717) is 12.5 Å². The molecule has 0 aromatic carbocycles. The van der Waals surface area contributed by atoms with Crippen molar-refractivity contribution in [2.24, 2.45) is 17.6 Å². The first-order valence-corrected chi connectivity index (χ1v) is 7.47. The fourth-order valence-corrected chi connectivity index (χ4v) is 2.60. The molecule has 1 aliphatic carbocycles. The highest BCUT2D eigenvalue weighted by Gasteiger charge is 2.27. The summed E-state index contributed by atoms with van der Waals surface area (Å²) in [6, 6.07) is 0. The number of hydrogen-bond donors (Lipinski definition) is 2. The number of nitrogens with two attached hydrogens (primary N) is 1. The van der Waals surface area contributed by atoms with E-state index in [9.17, 15) is 4.79 Å². The molecule has 0 bridgehead atoms. The Morgan fingerprint density at radius 3 is 2.58 bits per heavy atom. The lowest BCUT2D eigenvalue weighted by atomic mass is 9.80. The van der Waals surface area contributed by atoms with Gasteiger partial charge in [0, 0.05) is 6.61 Å². The number of carboxylic acids is 1. The summed E-state index contributed by atoms with van der Waals surface area (Å²) < 4.78 is 5.89. The summed E-state index contributed by atoms with van der Waals surface area (Å²) in [5.41, 5.74) is 4.58. The highest BCUT2D eigenvalue weighted by molar-refractivity contribution is 5.77. The third-order valence-electron chi connectivity index (χ3n) is 4.48. The average molecular weight is 271 g/mol. The Labute approximate surface area is 116 Å². The van der Waals surface area contributed by atoms with E-state index in [-0.39, 0.29) is 0 Å². The smallest absolute Gasteiger partial charge is 0.323 e. The number of rotatable bonds is 7. The summed E-state index contributed by atoms with van der Waals surface area (Å²) in [7, 11) is 0. The van der Waals surface area contributed by atoms with Crippen molar-refractivity contribution < 1.29 is 14.6 Å². The lowest BCUT2D eigenvalue weighted by Crippen LogP contribution is -2.44. The first kappa shape index (κ1) is 16.4. The van der Waals surface area contributed by atoms with Gasteiger partial charge in [0.2, 0.25) is 0 Å². The van der Waals surface area contributed by atoms with Crippen LogP contribution in [0.2, 0.25) is 0 Å². The van der Waals surface area contributed by atoms with Crippen LogP contribution in [-0.2, 0) is 9.53 Å². The lowest BCUT2D eigenvalue weighted by Gasteiger charge is -2.32. The number of ether oxygens (including phenoxy) is 1. The summed E-state index contributed by atoms with van der Waals surface area (Å²) in [6.45, 7) is 6.91. The van der Waals surface area contributed by atoms with Crippen LogP contribution in [0.1, 0.15) is 59.3 Å². The second kappa shape index (κ2) is 7.25. The monoisotopic (exact) mass is 271 g/mol. The Balaban J connectivity index is 2.10. The highest BCUT2D eigenvalue weighted by atomic mass is 16.5. The third kappa shape index (κ3) is 5.49. The molecule has 4 heteroatoms. The fraction of sp³-hybridized carbons (Fsp3) is 0.933. The maximum absolute atomic E-state index is 10.8. The Morgan fingerprint density at radius 2 is 2.00 bits per heavy atom. The maximum atomic E-state index is 10.8. The van der Waals surface area contributed by atoms with Crippen molar-refractivity contribution in [1.29, 1.82) is 0 Å². The van der Waals surface area contributed by atoms with E-state index in [4.69, 9.17) is 15.6 Å². The van der Waals surface area contributed by atoms with Gasteiger partial charge in [0.1, 0.15) is 5.54 Å². The quantitative estimate of drug-likeness (QED) is 0.698. The molecular weight excluding hydrogens is 242 g/mol. The molecular formula is C15H29NO3. The zero-order valence-electron chi connectivity index (χ0n) is 12.5. The molecule has 4 atom stereocenters. The molecule has 0 spiro atoms. The predicted octanol–water partition coefficient (Wildman–Crippen LogP) is 2.80. The Morgan fingerprint density at radius 1 is 1.32 bits per heavy atom. The standard InChI is InChI=1S/C15H29NO3/c1-11-6-7-13(10-12(11)2)19-9-5-4-8-15(3,16)14(17)18/h11-13H,4-10,16H2,1-3H3,(H,17,18). The van der Waals surface area contributed by atoms with Crippen molar-refractivity contribution >= 4 is 5.97 Å². The van der Waals surface area contributed by atoms with Crippen molar-refractivity contribution in [2.45, 2.75) is 70.9 Å². The summed E-state index contributed by atoms with van der Waals surface area (Å²) in [5.74, 6) is 0.634. The van der Waals surface area contributed by atoms with Gasteiger partial charge in [0.25, 0.3) is 0 Å². The van der Waals surface area contributed by atoms with E-state index in [1.54, 1.807) is 6.92 Å². The van der Waals surface area contributed by atoms with Gasteiger partial charge in [-0.05, 0) is 57.3 Å². The fourth-order valence-electron chi connectivity index (χ4n) is 2.60. The number of hydrogen-bond acceptors (Lipinski definition) is 3. The molecule has 0 aliphatic heterocycles. The summed E-state index contributed by atoms with van der Waals surface area (Å²) in [5, 5.41) is 8.90. The first-order chi connectivity index (χ1) is 8.83. The normalized spacial score (nSPS) is 30.8. The number of carboxylic acid groups (broad SMARTS) is 1. The average Bonchev–Trinajstić information content (AvgIpc) is 2.33. The Hall–Kier alpha value is -0.610. The van der Waals surface area contributed by atoms with Crippen LogP contribution in [0.15, 0.2) is 0 Å². The zero-order valence-corrected chi connectivity index (χ0v) is 12.5. The molecule has 0 saturated heterocycles. The van der Waals surface area contributed by atoms with Crippen LogP contribution in [0, 0.1) is 11.8 Å². The summed E-state index contributed by atoms with van der Waals surface area (Å²) >= 11 is 0.